The Hall–Kier alpha value is -1.46. The Labute approximate surface area is 76.6 Å². The van der Waals surface area contributed by atoms with E-state index in [1.54, 1.807) is 0 Å². The average molecular weight is 207 g/mol. The summed E-state index contributed by atoms with van der Waals surface area (Å²) in [5.74, 6) is -2.07. The molecular weight excluding hydrogens is 202 g/mol. The first-order valence-corrected chi connectivity index (χ1v) is 3.56. The third-order valence-electron chi connectivity index (χ3n) is 1.52. The normalized spacial score (nSPS) is 11.5. The molecule has 0 aliphatic heterocycles. The van der Waals surface area contributed by atoms with Gasteiger partial charge in [0.1, 0.15) is 0 Å². The summed E-state index contributed by atoms with van der Waals surface area (Å²) in [6, 6.07) is 0.526. The molecule has 0 unspecified atom stereocenters. The summed E-state index contributed by atoms with van der Waals surface area (Å²) < 4.78 is 48.8. The molecule has 0 fully saturated rings. The maximum atomic E-state index is 12.8. The van der Waals surface area contributed by atoms with E-state index < -0.39 is 23.5 Å². The van der Waals surface area contributed by atoms with Gasteiger partial charge in [-0.15, -0.1) is 0 Å². The number of carbonyl (C=O) groups is 1. The van der Waals surface area contributed by atoms with Crippen LogP contribution >= 0.6 is 0 Å². The minimum absolute atomic E-state index is 0.185. The van der Waals surface area contributed by atoms with Crippen molar-refractivity contribution in [2.24, 2.45) is 0 Å². The Kier molecular flexibility index (Phi) is 2.55. The highest BCUT2D eigenvalue weighted by Crippen LogP contribution is 2.29. The van der Waals surface area contributed by atoms with E-state index in [9.17, 15) is 22.4 Å². The van der Waals surface area contributed by atoms with Crippen LogP contribution < -0.4 is 0 Å². The molecular formula is C8H5F4NO. The van der Waals surface area contributed by atoms with Crippen LogP contribution in [0.4, 0.5) is 17.6 Å². The van der Waals surface area contributed by atoms with Crippen molar-refractivity contribution in [3.63, 3.8) is 0 Å². The lowest BCUT2D eigenvalue weighted by molar-refractivity contribution is -0.143. The van der Waals surface area contributed by atoms with Crippen LogP contribution in [0.2, 0.25) is 0 Å². The summed E-state index contributed by atoms with van der Waals surface area (Å²) in [5, 5.41) is 0. The predicted molar refractivity (Wildman–Crippen MR) is 39.2 cm³/mol. The monoisotopic (exact) mass is 207 g/mol. The highest BCUT2D eigenvalue weighted by molar-refractivity contribution is 5.93. The molecule has 1 aromatic heterocycles. The van der Waals surface area contributed by atoms with Crippen LogP contribution in [0, 0.1) is 5.82 Å². The summed E-state index contributed by atoms with van der Waals surface area (Å²) in [7, 11) is 0. The smallest absolute Gasteiger partial charge is 0.294 e. The van der Waals surface area contributed by atoms with Crippen LogP contribution in [0.15, 0.2) is 12.3 Å². The number of ketones is 1. The molecule has 0 N–H and O–H groups in total. The predicted octanol–water partition coefficient (Wildman–Crippen LogP) is 2.44. The fourth-order valence-corrected chi connectivity index (χ4v) is 0.839. The van der Waals surface area contributed by atoms with E-state index >= 15 is 0 Å². The first-order valence-electron chi connectivity index (χ1n) is 3.56. The van der Waals surface area contributed by atoms with Crippen molar-refractivity contribution in [1.29, 1.82) is 0 Å². The molecule has 14 heavy (non-hydrogen) atoms. The van der Waals surface area contributed by atoms with Gasteiger partial charge in [0.2, 0.25) is 0 Å². The van der Waals surface area contributed by atoms with Crippen molar-refractivity contribution in [1.82, 2.24) is 4.98 Å². The van der Waals surface area contributed by atoms with E-state index in [4.69, 9.17) is 0 Å². The molecule has 2 nitrogen and oxygen atoms in total. The van der Waals surface area contributed by atoms with E-state index in [0.29, 0.717) is 12.3 Å². The number of hydrogen-bond donors (Lipinski definition) is 0. The van der Waals surface area contributed by atoms with Gasteiger partial charge in [0, 0.05) is 11.8 Å². The van der Waals surface area contributed by atoms with Crippen LogP contribution in [0.1, 0.15) is 23.0 Å². The summed E-state index contributed by atoms with van der Waals surface area (Å²) in [6.45, 7) is 1.11. The van der Waals surface area contributed by atoms with Gasteiger partial charge in [0.25, 0.3) is 0 Å². The number of Topliss-reactive ketones (excluding diaryl/α,β-unsaturated/α-hetero) is 1. The lowest BCUT2D eigenvalue weighted by Crippen LogP contribution is -2.12. The third-order valence-corrected chi connectivity index (χ3v) is 1.52. The second kappa shape index (κ2) is 3.36. The van der Waals surface area contributed by atoms with Gasteiger partial charge in [-0.3, -0.25) is 4.79 Å². The van der Waals surface area contributed by atoms with E-state index in [1.165, 1.54) is 0 Å². The van der Waals surface area contributed by atoms with Crippen LogP contribution in [0.3, 0.4) is 0 Å². The van der Waals surface area contributed by atoms with Crippen LogP contribution in [-0.4, -0.2) is 10.8 Å². The van der Waals surface area contributed by atoms with Gasteiger partial charge in [-0.2, -0.15) is 13.2 Å². The Bertz CT molecular complexity index is 372. The zero-order valence-electron chi connectivity index (χ0n) is 7.02. The van der Waals surface area contributed by atoms with Crippen LogP contribution in [0.25, 0.3) is 0 Å². The second-order valence-corrected chi connectivity index (χ2v) is 2.61. The van der Waals surface area contributed by atoms with E-state index in [2.05, 4.69) is 4.98 Å². The number of carbonyl (C=O) groups excluding carboxylic acids is 1. The average Bonchev–Trinajstić information content (AvgIpc) is 2.01. The van der Waals surface area contributed by atoms with Gasteiger partial charge in [-0.25, -0.2) is 9.37 Å². The molecule has 0 aliphatic carbocycles. The lowest BCUT2D eigenvalue weighted by Gasteiger charge is -2.06. The molecule has 0 amide bonds. The number of nitrogens with zero attached hydrogens (tertiary/aromatic N) is 1. The molecule has 1 aromatic rings. The molecule has 1 rings (SSSR count). The molecule has 76 valence electrons. The first-order chi connectivity index (χ1) is 6.32. The maximum Gasteiger partial charge on any atom is 0.436 e. The molecule has 0 aromatic carbocycles. The second-order valence-electron chi connectivity index (χ2n) is 2.61. The van der Waals surface area contributed by atoms with E-state index in [1.807, 2.05) is 0 Å². The molecule has 0 saturated carbocycles. The van der Waals surface area contributed by atoms with Gasteiger partial charge in [-0.05, 0) is 13.0 Å². The van der Waals surface area contributed by atoms with Gasteiger partial charge >= 0.3 is 6.18 Å². The topological polar surface area (TPSA) is 30.0 Å². The minimum atomic E-state index is -4.83. The number of pyridine rings is 1. The number of rotatable bonds is 1. The zero-order valence-corrected chi connectivity index (χ0v) is 7.02. The Balaban J connectivity index is 3.21. The van der Waals surface area contributed by atoms with Crippen molar-refractivity contribution in [3.8, 4) is 0 Å². The van der Waals surface area contributed by atoms with Gasteiger partial charge in [-0.1, -0.05) is 0 Å². The molecule has 0 radical (unpaired) electrons. The van der Waals surface area contributed by atoms with Crippen LogP contribution in [0.5, 0.6) is 0 Å². The Morgan fingerprint density at radius 3 is 2.36 bits per heavy atom. The highest BCUT2D eigenvalue weighted by atomic mass is 19.4. The molecule has 0 saturated heterocycles. The van der Waals surface area contributed by atoms with E-state index in [-0.39, 0.29) is 5.56 Å². The maximum absolute atomic E-state index is 12.8. The summed E-state index contributed by atoms with van der Waals surface area (Å²) in [5.41, 5.74) is -1.79. The molecule has 0 atom stereocenters. The number of aromatic nitrogens is 1. The molecule has 0 spiro atoms. The van der Waals surface area contributed by atoms with Gasteiger partial charge in [0.05, 0.1) is 0 Å². The van der Waals surface area contributed by atoms with Crippen molar-refractivity contribution >= 4 is 5.78 Å². The standard InChI is InChI=1S/C8H5F4NO/c1-4(14)5-2-6(9)7(13-3-5)8(10,11)12/h2-3H,1H3. The number of halogens is 4. The van der Waals surface area contributed by atoms with Crippen molar-refractivity contribution < 1.29 is 22.4 Å². The Morgan fingerprint density at radius 2 is 2.00 bits per heavy atom. The lowest BCUT2D eigenvalue weighted by atomic mass is 10.2. The molecule has 0 bridgehead atoms. The largest absolute Gasteiger partial charge is 0.436 e. The highest BCUT2D eigenvalue weighted by Gasteiger charge is 2.36. The van der Waals surface area contributed by atoms with E-state index in [0.717, 1.165) is 6.92 Å². The molecule has 0 aliphatic rings. The third kappa shape index (κ3) is 2.07. The minimum Gasteiger partial charge on any atom is -0.294 e. The fourth-order valence-electron chi connectivity index (χ4n) is 0.839. The quantitative estimate of drug-likeness (QED) is 0.523. The zero-order chi connectivity index (χ0) is 10.9. The molecule has 1 heterocycles. The van der Waals surface area contributed by atoms with Crippen LogP contribution in [-0.2, 0) is 6.18 Å². The van der Waals surface area contributed by atoms with Gasteiger partial charge < -0.3 is 0 Å². The molecule has 6 heteroatoms. The van der Waals surface area contributed by atoms with Crippen molar-refractivity contribution in [3.05, 3.63) is 29.3 Å². The Morgan fingerprint density at radius 1 is 1.43 bits per heavy atom. The number of alkyl halides is 3. The fraction of sp³-hybridized carbons (Fsp3) is 0.250. The summed E-state index contributed by atoms with van der Waals surface area (Å²) in [4.78, 5) is 13.5. The first kappa shape index (κ1) is 10.6. The van der Waals surface area contributed by atoms with Crippen molar-refractivity contribution in [2.45, 2.75) is 13.1 Å². The summed E-state index contributed by atoms with van der Waals surface area (Å²) >= 11 is 0. The SMILES string of the molecule is CC(=O)c1cnc(C(F)(F)F)c(F)c1. The van der Waals surface area contributed by atoms with Gasteiger partial charge in [0.15, 0.2) is 17.3 Å². The number of hydrogen-bond acceptors (Lipinski definition) is 2. The summed E-state index contributed by atoms with van der Waals surface area (Å²) in [6.07, 6.45) is -4.13. The van der Waals surface area contributed by atoms with Crippen molar-refractivity contribution in [2.75, 3.05) is 0 Å².